The Hall–Kier alpha value is -2.04. The van der Waals surface area contributed by atoms with Crippen molar-refractivity contribution in [3.8, 4) is 0 Å². The summed E-state index contributed by atoms with van der Waals surface area (Å²) in [6, 6.07) is 19.2. The van der Waals surface area contributed by atoms with Crippen LogP contribution in [0.4, 0.5) is 0 Å². The number of thiocarbonyl (C=S) groups is 1. The summed E-state index contributed by atoms with van der Waals surface area (Å²) >= 11 is 5.54. The van der Waals surface area contributed by atoms with Gasteiger partial charge in [0.15, 0.2) is 5.72 Å². The summed E-state index contributed by atoms with van der Waals surface area (Å²) in [6.07, 6.45) is 0.448. The maximum atomic E-state index is 11.1. The molecule has 3 rings (SSSR count). The molecular weight excluding hydrogens is 280 g/mol. The van der Waals surface area contributed by atoms with E-state index in [1.807, 2.05) is 67.6 Å². The lowest BCUT2D eigenvalue weighted by molar-refractivity contribution is -0.0555. The van der Waals surface area contributed by atoms with E-state index in [-0.39, 0.29) is 0 Å². The average molecular weight is 296 g/mol. The second kappa shape index (κ2) is 5.39. The Kier molecular flexibility index (Phi) is 3.57. The van der Waals surface area contributed by atoms with E-state index in [4.69, 9.17) is 12.2 Å². The summed E-state index contributed by atoms with van der Waals surface area (Å²) in [5.41, 5.74) is 1.32. The lowest BCUT2D eigenvalue weighted by Crippen LogP contribution is -2.43. The van der Waals surface area contributed by atoms with Gasteiger partial charge in [0.25, 0.3) is 0 Å². The van der Waals surface area contributed by atoms with Crippen LogP contribution in [-0.4, -0.2) is 20.8 Å². The number of benzene rings is 2. The number of hydrogen-bond acceptors (Lipinski definition) is 3. The molecule has 1 unspecified atom stereocenters. The molecule has 2 aromatic carbocycles. The molecule has 106 valence electrons. The van der Waals surface area contributed by atoms with Crippen LogP contribution in [0.2, 0.25) is 0 Å². The summed E-state index contributed by atoms with van der Waals surface area (Å²) in [4.78, 5) is 0.527. The number of hydrazone groups is 1. The first-order valence-electron chi connectivity index (χ1n) is 6.83. The third-order valence-electron chi connectivity index (χ3n) is 3.57. The molecule has 21 heavy (non-hydrogen) atoms. The lowest BCUT2D eigenvalue weighted by Gasteiger charge is -2.33. The van der Waals surface area contributed by atoms with Gasteiger partial charge in [-0.2, -0.15) is 5.10 Å². The van der Waals surface area contributed by atoms with Crippen molar-refractivity contribution in [3.05, 3.63) is 71.8 Å². The Labute approximate surface area is 129 Å². The normalized spacial score (nSPS) is 21.2. The standard InChI is InChI=1S/C17H16N2OS/c1-13-12-17(20,15-10-6-3-7-11-15)19(18-13)16(21)14-8-4-2-5-9-14/h2-11,20H,12H2,1H3. The molecule has 0 spiro atoms. The fourth-order valence-electron chi connectivity index (χ4n) is 2.57. The number of nitrogens with zero attached hydrogens (tertiary/aromatic N) is 2. The zero-order chi connectivity index (χ0) is 14.9. The van der Waals surface area contributed by atoms with E-state index >= 15 is 0 Å². The second-order valence-corrected chi connectivity index (χ2v) is 5.56. The highest BCUT2D eigenvalue weighted by atomic mass is 32.1. The number of hydrogen-bond donors (Lipinski definition) is 1. The molecular formula is C17H16N2OS. The van der Waals surface area contributed by atoms with Crippen LogP contribution in [-0.2, 0) is 5.72 Å². The van der Waals surface area contributed by atoms with Crippen molar-refractivity contribution in [1.29, 1.82) is 0 Å². The van der Waals surface area contributed by atoms with Gasteiger partial charge in [0.1, 0.15) is 4.99 Å². The highest BCUT2D eigenvalue weighted by Crippen LogP contribution is 2.36. The van der Waals surface area contributed by atoms with Crippen LogP contribution < -0.4 is 0 Å². The molecule has 0 fully saturated rings. The minimum Gasteiger partial charge on any atom is -0.365 e. The van der Waals surface area contributed by atoms with E-state index in [9.17, 15) is 5.11 Å². The zero-order valence-electron chi connectivity index (χ0n) is 11.7. The maximum Gasteiger partial charge on any atom is 0.191 e. The average Bonchev–Trinajstić information content (AvgIpc) is 2.84. The number of aliphatic hydroxyl groups is 1. The van der Waals surface area contributed by atoms with Crippen molar-refractivity contribution in [2.24, 2.45) is 5.10 Å². The molecule has 0 aromatic heterocycles. The van der Waals surface area contributed by atoms with E-state index in [0.717, 1.165) is 16.8 Å². The van der Waals surface area contributed by atoms with E-state index in [0.29, 0.717) is 11.4 Å². The van der Waals surface area contributed by atoms with Gasteiger partial charge < -0.3 is 5.11 Å². The van der Waals surface area contributed by atoms with Gasteiger partial charge in [-0.25, -0.2) is 5.01 Å². The van der Waals surface area contributed by atoms with Crippen LogP contribution in [0.1, 0.15) is 24.5 Å². The topological polar surface area (TPSA) is 35.8 Å². The highest BCUT2D eigenvalue weighted by molar-refractivity contribution is 7.80. The molecule has 0 saturated heterocycles. The predicted molar refractivity (Wildman–Crippen MR) is 88.0 cm³/mol. The van der Waals surface area contributed by atoms with E-state index in [1.54, 1.807) is 5.01 Å². The summed E-state index contributed by atoms with van der Waals surface area (Å²) < 4.78 is 0. The van der Waals surface area contributed by atoms with Crippen molar-refractivity contribution >= 4 is 22.9 Å². The van der Waals surface area contributed by atoms with E-state index in [2.05, 4.69) is 5.10 Å². The monoisotopic (exact) mass is 296 g/mol. The van der Waals surface area contributed by atoms with Gasteiger partial charge >= 0.3 is 0 Å². The largest absolute Gasteiger partial charge is 0.365 e. The molecule has 0 saturated carbocycles. The second-order valence-electron chi connectivity index (χ2n) is 5.18. The summed E-state index contributed by atoms with van der Waals surface area (Å²) in [7, 11) is 0. The molecule has 1 heterocycles. The Bertz CT molecular complexity index is 684. The van der Waals surface area contributed by atoms with Gasteiger partial charge in [0.05, 0.1) is 0 Å². The SMILES string of the molecule is CC1=NN(C(=S)c2ccccc2)C(O)(c2ccccc2)C1. The third-order valence-corrected chi connectivity index (χ3v) is 3.98. The van der Waals surface area contributed by atoms with Gasteiger partial charge in [-0.3, -0.25) is 0 Å². The molecule has 0 aliphatic carbocycles. The van der Waals surface area contributed by atoms with Crippen molar-refractivity contribution in [3.63, 3.8) is 0 Å². The van der Waals surface area contributed by atoms with Gasteiger partial charge in [-0.1, -0.05) is 72.9 Å². The minimum absolute atomic E-state index is 0.448. The van der Waals surface area contributed by atoms with Crippen LogP contribution in [0.25, 0.3) is 0 Å². The van der Waals surface area contributed by atoms with Crippen molar-refractivity contribution in [1.82, 2.24) is 5.01 Å². The molecule has 0 amide bonds. The van der Waals surface area contributed by atoms with Crippen LogP contribution in [0.15, 0.2) is 65.8 Å². The first kappa shape index (κ1) is 13.9. The Morgan fingerprint density at radius 1 is 1.10 bits per heavy atom. The fraction of sp³-hybridized carbons (Fsp3) is 0.176. The summed E-state index contributed by atoms with van der Waals surface area (Å²) in [6.45, 7) is 1.90. The van der Waals surface area contributed by atoms with Crippen LogP contribution >= 0.6 is 12.2 Å². The van der Waals surface area contributed by atoms with Crippen LogP contribution in [0.3, 0.4) is 0 Å². The first-order chi connectivity index (χ1) is 10.1. The molecule has 2 aromatic rings. The lowest BCUT2D eigenvalue weighted by atomic mass is 9.97. The predicted octanol–water partition coefficient (Wildman–Crippen LogP) is 3.29. The zero-order valence-corrected chi connectivity index (χ0v) is 12.5. The maximum absolute atomic E-state index is 11.1. The van der Waals surface area contributed by atoms with Gasteiger partial charge in [0.2, 0.25) is 0 Å². The molecule has 1 atom stereocenters. The van der Waals surface area contributed by atoms with Crippen molar-refractivity contribution < 1.29 is 5.11 Å². The first-order valence-corrected chi connectivity index (χ1v) is 7.24. The van der Waals surface area contributed by atoms with E-state index in [1.165, 1.54) is 0 Å². The highest BCUT2D eigenvalue weighted by Gasteiger charge is 2.43. The molecule has 0 bridgehead atoms. The van der Waals surface area contributed by atoms with E-state index < -0.39 is 5.72 Å². The smallest absolute Gasteiger partial charge is 0.191 e. The quantitative estimate of drug-likeness (QED) is 0.864. The Morgan fingerprint density at radius 3 is 2.29 bits per heavy atom. The molecule has 0 radical (unpaired) electrons. The molecule has 1 aliphatic rings. The number of rotatable bonds is 2. The Balaban J connectivity index is 2.01. The van der Waals surface area contributed by atoms with Gasteiger partial charge in [0, 0.05) is 23.3 Å². The Morgan fingerprint density at radius 2 is 1.67 bits per heavy atom. The molecule has 1 N–H and O–H groups in total. The van der Waals surface area contributed by atoms with Crippen molar-refractivity contribution in [2.45, 2.75) is 19.1 Å². The summed E-state index contributed by atoms with van der Waals surface area (Å²) in [5.74, 6) is 0. The van der Waals surface area contributed by atoms with Gasteiger partial charge in [-0.15, -0.1) is 0 Å². The van der Waals surface area contributed by atoms with Crippen LogP contribution in [0.5, 0.6) is 0 Å². The summed E-state index contributed by atoms with van der Waals surface area (Å²) in [5, 5.41) is 17.2. The molecule has 4 heteroatoms. The van der Waals surface area contributed by atoms with Crippen LogP contribution in [0, 0.1) is 0 Å². The van der Waals surface area contributed by atoms with Crippen molar-refractivity contribution in [2.75, 3.05) is 0 Å². The minimum atomic E-state index is -1.21. The fourth-order valence-corrected chi connectivity index (χ4v) is 2.89. The molecule has 1 aliphatic heterocycles. The molecule has 3 nitrogen and oxygen atoms in total. The van der Waals surface area contributed by atoms with Gasteiger partial charge in [-0.05, 0) is 6.92 Å². The third kappa shape index (κ3) is 2.48.